The van der Waals surface area contributed by atoms with Crippen molar-refractivity contribution >= 4 is 16.1 Å². The van der Waals surface area contributed by atoms with Crippen LogP contribution in [0.3, 0.4) is 0 Å². The first kappa shape index (κ1) is 27.3. The molecule has 1 fully saturated rings. The van der Waals surface area contributed by atoms with Crippen molar-refractivity contribution in [3.8, 4) is 0 Å². The van der Waals surface area contributed by atoms with Gasteiger partial charge in [-0.3, -0.25) is 4.90 Å². The van der Waals surface area contributed by atoms with Gasteiger partial charge in [0.2, 0.25) is 0 Å². The zero-order valence-corrected chi connectivity index (χ0v) is 22.9. The minimum absolute atomic E-state index is 0.0202. The van der Waals surface area contributed by atoms with Gasteiger partial charge in [0.25, 0.3) is 10.0 Å². The number of nitrogens with one attached hydrogen (secondary N) is 1. The van der Waals surface area contributed by atoms with Crippen molar-refractivity contribution in [3.63, 3.8) is 0 Å². The van der Waals surface area contributed by atoms with Crippen LogP contribution in [0.15, 0.2) is 54.7 Å². The summed E-state index contributed by atoms with van der Waals surface area (Å²) < 4.78 is 59.5. The smallest absolute Gasteiger partial charge is 0.407 e. The SMILES string of the molecule is C[C@@H]1[C@H](N2Cc3cn(S(C)(=O)=O)nc3C2)C[C@H](NC(=O)OCc2ccccc2)C(c2cc(F)ccc2F)[C@@H]1C. The lowest BCUT2D eigenvalue weighted by Crippen LogP contribution is -2.54. The Morgan fingerprint density at radius 1 is 1.10 bits per heavy atom. The minimum atomic E-state index is -3.48. The second-order valence-electron chi connectivity index (χ2n) is 10.7. The number of carbonyl (C=O) groups is 1. The number of carbonyl (C=O) groups excluding carboxylic acids is 1. The number of hydrogen-bond donors (Lipinski definition) is 1. The molecule has 1 N–H and O–H groups in total. The second-order valence-corrected chi connectivity index (χ2v) is 12.5. The molecule has 0 radical (unpaired) electrons. The van der Waals surface area contributed by atoms with Crippen molar-refractivity contribution < 1.29 is 26.7 Å². The summed E-state index contributed by atoms with van der Waals surface area (Å²) in [5, 5.41) is 7.22. The Balaban J connectivity index is 1.38. The van der Waals surface area contributed by atoms with E-state index in [1.165, 1.54) is 6.07 Å². The fraction of sp³-hybridized carbons (Fsp3) is 0.429. The van der Waals surface area contributed by atoms with Crippen LogP contribution in [-0.4, -0.2) is 46.9 Å². The highest BCUT2D eigenvalue weighted by Gasteiger charge is 2.46. The van der Waals surface area contributed by atoms with Crippen molar-refractivity contribution in [1.82, 2.24) is 19.4 Å². The maximum absolute atomic E-state index is 15.0. The monoisotopic (exact) mass is 558 g/mol. The highest BCUT2D eigenvalue weighted by atomic mass is 32.2. The third-order valence-corrected chi connectivity index (χ3v) is 9.02. The van der Waals surface area contributed by atoms with E-state index in [1.54, 1.807) is 6.20 Å². The molecule has 1 amide bonds. The van der Waals surface area contributed by atoms with Crippen LogP contribution < -0.4 is 5.32 Å². The van der Waals surface area contributed by atoms with Gasteiger partial charge in [0, 0.05) is 42.9 Å². The summed E-state index contributed by atoms with van der Waals surface area (Å²) in [5.74, 6) is -1.59. The summed E-state index contributed by atoms with van der Waals surface area (Å²) in [6.07, 6.45) is 2.50. The van der Waals surface area contributed by atoms with Gasteiger partial charge >= 0.3 is 6.09 Å². The Kier molecular flexibility index (Phi) is 7.47. The van der Waals surface area contributed by atoms with Gasteiger partial charge in [-0.15, -0.1) is 0 Å². The predicted octanol–water partition coefficient (Wildman–Crippen LogP) is 4.41. The zero-order valence-electron chi connectivity index (χ0n) is 22.1. The number of nitrogens with zero attached hydrogens (tertiary/aromatic N) is 3. The largest absolute Gasteiger partial charge is 0.445 e. The normalized spacial score (nSPS) is 25.3. The van der Waals surface area contributed by atoms with E-state index >= 15 is 4.39 Å². The number of aromatic nitrogens is 2. The topological polar surface area (TPSA) is 93.5 Å². The third-order valence-electron chi connectivity index (χ3n) is 8.16. The van der Waals surface area contributed by atoms with E-state index in [0.717, 1.165) is 33.6 Å². The molecule has 39 heavy (non-hydrogen) atoms. The number of hydrogen-bond acceptors (Lipinski definition) is 6. The van der Waals surface area contributed by atoms with Crippen molar-refractivity contribution in [2.45, 2.75) is 58.0 Å². The van der Waals surface area contributed by atoms with Gasteiger partial charge in [0.1, 0.15) is 18.2 Å². The van der Waals surface area contributed by atoms with Crippen LogP contribution in [0.2, 0.25) is 0 Å². The van der Waals surface area contributed by atoms with Crippen molar-refractivity contribution in [2.75, 3.05) is 6.26 Å². The van der Waals surface area contributed by atoms with Gasteiger partial charge in [-0.05, 0) is 47.6 Å². The van der Waals surface area contributed by atoms with Gasteiger partial charge in [-0.2, -0.15) is 9.19 Å². The van der Waals surface area contributed by atoms with Gasteiger partial charge in [-0.25, -0.2) is 22.0 Å². The third kappa shape index (κ3) is 5.69. The molecule has 0 bridgehead atoms. The van der Waals surface area contributed by atoms with Crippen molar-refractivity contribution in [1.29, 1.82) is 0 Å². The maximum Gasteiger partial charge on any atom is 0.407 e. The molecule has 1 aliphatic heterocycles. The van der Waals surface area contributed by atoms with E-state index in [4.69, 9.17) is 4.74 Å². The quantitative estimate of drug-likeness (QED) is 0.482. The minimum Gasteiger partial charge on any atom is -0.445 e. The van der Waals surface area contributed by atoms with Crippen LogP contribution in [0.4, 0.5) is 13.6 Å². The molecule has 3 aromatic rings. The molecule has 1 unspecified atom stereocenters. The zero-order chi connectivity index (χ0) is 27.9. The van der Waals surface area contributed by atoms with Crippen LogP contribution in [0.5, 0.6) is 0 Å². The first-order valence-electron chi connectivity index (χ1n) is 13.0. The number of benzene rings is 2. The van der Waals surface area contributed by atoms with Crippen LogP contribution in [0.1, 0.15) is 48.6 Å². The standard InChI is InChI=1S/C28H32F2N4O4S/c1-17-18(2)27(22-11-21(29)9-10-23(22)30)24(31-28(35)38-16-19-7-5-4-6-8-19)12-26(17)33-13-20-14-34(39(3,36)37)32-25(20)15-33/h4-11,14,17-18,24,26-27H,12-13,15-16H2,1-3H3,(H,31,35)/t17-,18+,24-,26+,27?/m0/s1. The number of amides is 1. The summed E-state index contributed by atoms with van der Waals surface area (Å²) in [6.45, 7) is 5.14. The molecule has 0 saturated heterocycles. The highest BCUT2D eigenvalue weighted by molar-refractivity contribution is 7.89. The van der Waals surface area contributed by atoms with E-state index in [-0.39, 0.29) is 30.0 Å². The molecule has 2 heterocycles. The Labute approximate surface area is 227 Å². The number of alkyl carbamates (subject to hydrolysis) is 1. The average Bonchev–Trinajstić information content (AvgIpc) is 3.47. The summed E-state index contributed by atoms with van der Waals surface area (Å²) >= 11 is 0. The summed E-state index contributed by atoms with van der Waals surface area (Å²) in [4.78, 5) is 15.1. The lowest BCUT2D eigenvalue weighted by atomic mass is 9.65. The summed E-state index contributed by atoms with van der Waals surface area (Å²) in [6, 6.07) is 12.2. The van der Waals surface area contributed by atoms with Crippen LogP contribution in [0.25, 0.3) is 0 Å². The molecule has 0 spiro atoms. The van der Waals surface area contributed by atoms with Gasteiger partial charge in [-0.1, -0.05) is 44.2 Å². The second kappa shape index (κ2) is 10.7. The summed E-state index contributed by atoms with van der Waals surface area (Å²) in [5.41, 5.74) is 2.61. The van der Waals surface area contributed by atoms with E-state index in [9.17, 15) is 17.6 Å². The number of rotatable bonds is 6. The molecular formula is C28H32F2N4O4S. The highest BCUT2D eigenvalue weighted by Crippen LogP contribution is 2.45. The van der Waals surface area contributed by atoms with Crippen molar-refractivity contribution in [3.05, 3.63) is 88.7 Å². The van der Waals surface area contributed by atoms with Crippen LogP contribution in [-0.2, 0) is 34.5 Å². The number of fused-ring (bicyclic) bond motifs is 1. The lowest BCUT2D eigenvalue weighted by molar-refractivity contribution is 0.0432. The van der Waals surface area contributed by atoms with E-state index in [2.05, 4.69) is 22.2 Å². The number of halogens is 2. The molecule has 1 aliphatic carbocycles. The first-order chi connectivity index (χ1) is 18.5. The molecule has 2 aromatic carbocycles. The molecule has 5 atom stereocenters. The Morgan fingerprint density at radius 2 is 1.85 bits per heavy atom. The summed E-state index contributed by atoms with van der Waals surface area (Å²) in [7, 11) is -3.48. The number of ether oxygens (including phenoxy) is 1. The molecule has 208 valence electrons. The molecular weight excluding hydrogens is 526 g/mol. The first-order valence-corrected chi connectivity index (χ1v) is 14.8. The molecule has 1 saturated carbocycles. The Bertz CT molecular complexity index is 1440. The van der Waals surface area contributed by atoms with Crippen LogP contribution >= 0.6 is 0 Å². The van der Waals surface area contributed by atoms with E-state index in [1.807, 2.05) is 37.3 Å². The van der Waals surface area contributed by atoms with Gasteiger partial charge < -0.3 is 10.1 Å². The van der Waals surface area contributed by atoms with Gasteiger partial charge in [0.05, 0.1) is 11.9 Å². The molecule has 11 heteroatoms. The van der Waals surface area contributed by atoms with E-state index < -0.39 is 39.7 Å². The average molecular weight is 559 g/mol. The van der Waals surface area contributed by atoms with E-state index in [0.29, 0.717) is 25.2 Å². The molecule has 2 aliphatic rings. The van der Waals surface area contributed by atoms with Gasteiger partial charge in [0.15, 0.2) is 0 Å². The maximum atomic E-state index is 15.0. The fourth-order valence-electron chi connectivity index (χ4n) is 6.04. The fourth-order valence-corrected chi connectivity index (χ4v) is 6.60. The lowest BCUT2D eigenvalue weighted by Gasteiger charge is -2.48. The van der Waals surface area contributed by atoms with Crippen molar-refractivity contribution in [2.24, 2.45) is 11.8 Å². The molecule has 1 aromatic heterocycles. The predicted molar refractivity (Wildman–Crippen MR) is 141 cm³/mol. The van der Waals surface area contributed by atoms with Crippen LogP contribution in [0, 0.1) is 23.5 Å². The Hall–Kier alpha value is -3.31. The molecule has 8 nitrogen and oxygen atoms in total. The Morgan fingerprint density at radius 3 is 2.54 bits per heavy atom. The molecule has 5 rings (SSSR count).